The second-order valence-corrected chi connectivity index (χ2v) is 9.16. The lowest BCUT2D eigenvalue weighted by atomic mass is 9.84. The zero-order valence-corrected chi connectivity index (χ0v) is 18.1. The van der Waals surface area contributed by atoms with E-state index in [1.807, 2.05) is 0 Å². The first-order valence-electron chi connectivity index (χ1n) is 11.3. The van der Waals surface area contributed by atoms with E-state index in [4.69, 9.17) is 10.5 Å². The van der Waals surface area contributed by atoms with Crippen molar-refractivity contribution >= 4 is 17.7 Å². The molecule has 8 heteroatoms. The molecular weight excluding hydrogens is 390 g/mol. The minimum absolute atomic E-state index is 0.0564. The summed E-state index contributed by atoms with van der Waals surface area (Å²) in [6.07, 6.45) is 15.1. The van der Waals surface area contributed by atoms with Gasteiger partial charge in [-0.1, -0.05) is 0 Å². The van der Waals surface area contributed by atoms with Gasteiger partial charge in [0.25, 0.3) is 0 Å². The molecule has 3 heterocycles. The van der Waals surface area contributed by atoms with Crippen molar-refractivity contribution in [3.63, 3.8) is 0 Å². The summed E-state index contributed by atoms with van der Waals surface area (Å²) in [4.78, 5) is 16.0. The first kappa shape index (κ1) is 20.0. The number of hydrogen-bond donors (Lipinski definition) is 2. The van der Waals surface area contributed by atoms with Gasteiger partial charge in [-0.2, -0.15) is 5.10 Å². The smallest absolute Gasteiger partial charge is 0.132 e. The van der Waals surface area contributed by atoms with Crippen LogP contribution in [0, 0.1) is 5.92 Å². The minimum Gasteiger partial charge on any atom is -0.492 e. The lowest BCUT2D eigenvalue weighted by Crippen LogP contribution is -2.36. The molecule has 8 nitrogen and oxygen atoms in total. The average molecular weight is 422 g/mol. The summed E-state index contributed by atoms with van der Waals surface area (Å²) in [7, 11) is 0. The standard InChI is InChI=1S/C23H31N7O/c1-23(7-8-23)31-17-3-4-19-18(13-17)22(29-28-19)20-14-21(27-15-26-20)30-11-5-16(6-12-30)25-10-2-9-24/h2-3,9-10,14-16,18-19,28H,4-8,11-13,24H2,1H3. The van der Waals surface area contributed by atoms with Crippen LogP contribution in [0.4, 0.5) is 5.82 Å². The lowest BCUT2D eigenvalue weighted by molar-refractivity contribution is 0.0943. The van der Waals surface area contributed by atoms with Crippen molar-refractivity contribution in [2.24, 2.45) is 21.7 Å². The largest absolute Gasteiger partial charge is 0.492 e. The van der Waals surface area contributed by atoms with Crippen molar-refractivity contribution in [3.05, 3.63) is 42.2 Å². The molecule has 2 aliphatic carbocycles. The molecule has 3 N–H and O–H groups in total. The Bertz CT molecular complexity index is 926. The van der Waals surface area contributed by atoms with Gasteiger partial charge in [0.1, 0.15) is 17.7 Å². The zero-order chi connectivity index (χ0) is 21.3. The van der Waals surface area contributed by atoms with Gasteiger partial charge in [0, 0.05) is 37.7 Å². The number of piperidine rings is 1. The van der Waals surface area contributed by atoms with Crippen molar-refractivity contribution in [3.8, 4) is 0 Å². The predicted molar refractivity (Wildman–Crippen MR) is 122 cm³/mol. The minimum atomic E-state index is 0.0564. The summed E-state index contributed by atoms with van der Waals surface area (Å²) < 4.78 is 6.26. The number of hydrazone groups is 1. The molecule has 1 saturated heterocycles. The normalized spacial score (nSPS) is 27.7. The Morgan fingerprint density at radius 1 is 1.29 bits per heavy atom. The van der Waals surface area contributed by atoms with Gasteiger partial charge in [-0.25, -0.2) is 9.97 Å². The highest BCUT2D eigenvalue weighted by molar-refractivity contribution is 6.02. The maximum Gasteiger partial charge on any atom is 0.132 e. The number of aromatic nitrogens is 2. The van der Waals surface area contributed by atoms with E-state index < -0.39 is 0 Å². The van der Waals surface area contributed by atoms with E-state index in [9.17, 15) is 0 Å². The lowest BCUT2D eigenvalue weighted by Gasteiger charge is -2.31. The molecule has 5 rings (SSSR count). The van der Waals surface area contributed by atoms with Gasteiger partial charge in [0.05, 0.1) is 29.2 Å². The van der Waals surface area contributed by atoms with Crippen LogP contribution in [0.5, 0.6) is 0 Å². The number of hydrogen-bond acceptors (Lipinski definition) is 8. The second kappa shape index (κ2) is 8.32. The monoisotopic (exact) mass is 421 g/mol. The van der Waals surface area contributed by atoms with Gasteiger partial charge in [0.15, 0.2) is 0 Å². The first-order chi connectivity index (χ1) is 15.1. The Morgan fingerprint density at radius 2 is 2.13 bits per heavy atom. The van der Waals surface area contributed by atoms with Crippen LogP contribution in [0.25, 0.3) is 0 Å². The fraction of sp³-hybridized carbons (Fsp3) is 0.565. The van der Waals surface area contributed by atoms with Crippen LogP contribution in [-0.2, 0) is 4.74 Å². The second-order valence-electron chi connectivity index (χ2n) is 9.16. The number of allylic oxidation sites excluding steroid dienone is 2. The van der Waals surface area contributed by atoms with Crippen molar-refractivity contribution in [1.29, 1.82) is 0 Å². The highest BCUT2D eigenvalue weighted by Gasteiger charge is 2.43. The molecule has 1 aromatic heterocycles. The molecule has 1 saturated carbocycles. The summed E-state index contributed by atoms with van der Waals surface area (Å²) in [5.74, 6) is 2.37. The Kier molecular flexibility index (Phi) is 5.38. The Hall–Kier alpha value is -2.90. The molecule has 0 amide bonds. The molecule has 2 atom stereocenters. The van der Waals surface area contributed by atoms with Crippen LogP contribution in [0.1, 0.15) is 51.1 Å². The Labute approximate surface area is 183 Å². The highest BCUT2D eigenvalue weighted by Crippen LogP contribution is 2.43. The number of aliphatic imine (C=N–C) groups is 1. The molecule has 0 radical (unpaired) electrons. The van der Waals surface area contributed by atoms with Crippen molar-refractivity contribution in [1.82, 2.24) is 15.4 Å². The SMILES string of the molecule is CC1(OC2=CCC3NN=C(c4cc(N5CCC(N=CC=CN)CC5)ncn4)C3C2)CC1. The maximum absolute atomic E-state index is 6.26. The third-order valence-corrected chi connectivity index (χ3v) is 6.74. The molecule has 31 heavy (non-hydrogen) atoms. The molecule has 0 spiro atoms. The molecule has 2 unspecified atom stereocenters. The van der Waals surface area contributed by atoms with Crippen LogP contribution in [-0.4, -0.2) is 52.7 Å². The molecule has 4 aliphatic rings. The third-order valence-electron chi connectivity index (χ3n) is 6.74. The summed E-state index contributed by atoms with van der Waals surface area (Å²) in [5.41, 5.74) is 10.7. The number of nitrogens with two attached hydrogens (primary N) is 1. The van der Waals surface area contributed by atoms with Crippen LogP contribution >= 0.6 is 0 Å². The number of nitrogens with one attached hydrogen (secondary N) is 1. The first-order valence-corrected chi connectivity index (χ1v) is 11.3. The molecule has 0 bridgehead atoms. The molecule has 2 aliphatic heterocycles. The number of nitrogens with zero attached hydrogens (tertiary/aromatic N) is 5. The Morgan fingerprint density at radius 3 is 2.90 bits per heavy atom. The van der Waals surface area contributed by atoms with Gasteiger partial charge >= 0.3 is 0 Å². The van der Waals surface area contributed by atoms with Gasteiger partial charge in [-0.15, -0.1) is 0 Å². The van der Waals surface area contributed by atoms with E-state index in [-0.39, 0.29) is 5.60 Å². The van der Waals surface area contributed by atoms with E-state index in [1.54, 1.807) is 18.6 Å². The fourth-order valence-electron chi connectivity index (χ4n) is 4.58. The van der Waals surface area contributed by atoms with Gasteiger partial charge in [-0.05, 0) is 57.4 Å². The maximum atomic E-state index is 6.26. The van der Waals surface area contributed by atoms with Crippen LogP contribution in [0.2, 0.25) is 0 Å². The zero-order valence-electron chi connectivity index (χ0n) is 18.1. The van der Waals surface area contributed by atoms with Crippen LogP contribution in [0.3, 0.4) is 0 Å². The van der Waals surface area contributed by atoms with E-state index >= 15 is 0 Å². The van der Waals surface area contributed by atoms with Crippen molar-refractivity contribution < 1.29 is 4.74 Å². The molecule has 1 aromatic rings. The van der Waals surface area contributed by atoms with Crippen LogP contribution in [0.15, 0.2) is 46.6 Å². The fourth-order valence-corrected chi connectivity index (χ4v) is 4.58. The topological polar surface area (TPSA) is 101 Å². The summed E-state index contributed by atoms with van der Waals surface area (Å²) in [5, 5.41) is 4.67. The summed E-state index contributed by atoms with van der Waals surface area (Å²) >= 11 is 0. The summed E-state index contributed by atoms with van der Waals surface area (Å²) in [6, 6.07) is 2.76. The van der Waals surface area contributed by atoms with E-state index in [2.05, 4.69) is 49.5 Å². The van der Waals surface area contributed by atoms with Gasteiger partial charge < -0.3 is 20.8 Å². The summed E-state index contributed by atoms with van der Waals surface area (Å²) in [6.45, 7) is 4.06. The van der Waals surface area contributed by atoms with Crippen molar-refractivity contribution in [2.45, 2.75) is 63.1 Å². The van der Waals surface area contributed by atoms with Crippen LogP contribution < -0.4 is 16.1 Å². The molecule has 164 valence electrons. The third kappa shape index (κ3) is 4.43. The predicted octanol–water partition coefficient (Wildman–Crippen LogP) is 2.53. The average Bonchev–Trinajstić information content (AvgIpc) is 3.37. The quantitative estimate of drug-likeness (QED) is 0.685. The molecule has 0 aromatic carbocycles. The van der Waals surface area contributed by atoms with E-state index in [0.29, 0.717) is 18.0 Å². The highest BCUT2D eigenvalue weighted by atomic mass is 16.5. The number of fused-ring (bicyclic) bond motifs is 1. The van der Waals surface area contributed by atoms with E-state index in [0.717, 1.165) is 74.6 Å². The number of ether oxygens (including phenoxy) is 1. The van der Waals surface area contributed by atoms with E-state index in [1.165, 1.54) is 6.20 Å². The molecule has 2 fully saturated rings. The van der Waals surface area contributed by atoms with Gasteiger partial charge in [0.2, 0.25) is 0 Å². The molecular formula is C23H31N7O. The Balaban J connectivity index is 1.25. The van der Waals surface area contributed by atoms with Gasteiger partial charge in [-0.3, -0.25) is 4.99 Å². The number of anilines is 1. The number of rotatable bonds is 6. The van der Waals surface area contributed by atoms with Crippen molar-refractivity contribution in [2.75, 3.05) is 18.0 Å².